The van der Waals surface area contributed by atoms with Crippen molar-refractivity contribution in [2.75, 3.05) is 26.0 Å². The van der Waals surface area contributed by atoms with E-state index in [1.165, 1.54) is 0 Å². The topological polar surface area (TPSA) is 58.4 Å². The fraction of sp³-hybridized carbons (Fsp3) is 0.455. The first-order chi connectivity index (χ1) is 7.54. The summed E-state index contributed by atoms with van der Waals surface area (Å²) >= 11 is 0. The van der Waals surface area contributed by atoms with E-state index in [9.17, 15) is 10.1 Å². The van der Waals surface area contributed by atoms with E-state index in [2.05, 4.69) is 5.32 Å². The number of hydrogen-bond acceptors (Lipinski definition) is 4. The van der Waals surface area contributed by atoms with E-state index in [1.54, 1.807) is 12.1 Å². The van der Waals surface area contributed by atoms with Crippen molar-refractivity contribution >= 4 is 11.4 Å². The summed E-state index contributed by atoms with van der Waals surface area (Å²) in [4.78, 5) is 12.5. The smallest absolute Gasteiger partial charge is 0.292 e. The molecular formula is C11H17N3O2. The summed E-state index contributed by atoms with van der Waals surface area (Å²) in [7, 11) is 3.87. The first kappa shape index (κ1) is 12.4. The number of anilines is 1. The molecule has 0 heterocycles. The molecule has 0 saturated heterocycles. The Balaban J connectivity index is 3.02. The van der Waals surface area contributed by atoms with Crippen molar-refractivity contribution in [1.82, 2.24) is 4.90 Å². The minimum atomic E-state index is -0.350. The fourth-order valence-electron chi connectivity index (χ4n) is 1.53. The van der Waals surface area contributed by atoms with Crippen LogP contribution in [0.2, 0.25) is 0 Å². The Labute approximate surface area is 95.2 Å². The molecule has 1 aromatic carbocycles. The molecule has 5 heteroatoms. The van der Waals surface area contributed by atoms with Crippen molar-refractivity contribution in [3.8, 4) is 0 Å². The molecule has 1 N–H and O–H groups in total. The highest BCUT2D eigenvalue weighted by atomic mass is 16.6. The summed E-state index contributed by atoms with van der Waals surface area (Å²) in [6.45, 7) is 3.29. The summed E-state index contributed by atoms with van der Waals surface area (Å²) in [5.74, 6) is 0. The van der Waals surface area contributed by atoms with Gasteiger partial charge >= 0.3 is 0 Å². The highest BCUT2D eigenvalue weighted by molar-refractivity contribution is 5.62. The standard InChI is InChI=1S/C11H17N3O2/c1-4-12-10-6-5-9(8-13(2)3)7-11(10)14(15)16/h5-7,12H,4,8H2,1-3H3. The zero-order valence-corrected chi connectivity index (χ0v) is 9.86. The van der Waals surface area contributed by atoms with Crippen LogP contribution in [0.3, 0.4) is 0 Å². The van der Waals surface area contributed by atoms with E-state index in [1.807, 2.05) is 32.0 Å². The third-order valence-electron chi connectivity index (χ3n) is 2.12. The van der Waals surface area contributed by atoms with Crippen LogP contribution in [0, 0.1) is 10.1 Å². The molecule has 16 heavy (non-hydrogen) atoms. The Morgan fingerprint density at radius 3 is 2.62 bits per heavy atom. The molecule has 0 aliphatic carbocycles. The lowest BCUT2D eigenvalue weighted by Crippen LogP contribution is -2.11. The molecule has 0 aliphatic heterocycles. The minimum absolute atomic E-state index is 0.140. The van der Waals surface area contributed by atoms with Crippen LogP contribution < -0.4 is 5.32 Å². The number of nitrogens with zero attached hydrogens (tertiary/aromatic N) is 2. The van der Waals surface area contributed by atoms with Crippen molar-refractivity contribution in [1.29, 1.82) is 0 Å². The molecule has 5 nitrogen and oxygen atoms in total. The largest absolute Gasteiger partial charge is 0.380 e. The zero-order chi connectivity index (χ0) is 12.1. The molecule has 88 valence electrons. The molecule has 0 spiro atoms. The van der Waals surface area contributed by atoms with Gasteiger partial charge in [-0.15, -0.1) is 0 Å². The average Bonchev–Trinajstić information content (AvgIpc) is 2.19. The summed E-state index contributed by atoms with van der Waals surface area (Å²) in [5, 5.41) is 13.9. The van der Waals surface area contributed by atoms with Crippen molar-refractivity contribution in [3.05, 3.63) is 33.9 Å². The molecule has 1 rings (SSSR count). The number of benzene rings is 1. The van der Waals surface area contributed by atoms with Crippen LogP contribution in [0.4, 0.5) is 11.4 Å². The lowest BCUT2D eigenvalue weighted by atomic mass is 10.1. The van der Waals surface area contributed by atoms with Crippen LogP contribution in [-0.2, 0) is 6.54 Å². The Hall–Kier alpha value is -1.62. The number of nitro groups is 1. The second kappa shape index (κ2) is 5.46. The van der Waals surface area contributed by atoms with Gasteiger partial charge < -0.3 is 10.2 Å². The molecule has 0 saturated carbocycles. The molecule has 0 amide bonds. The van der Waals surface area contributed by atoms with E-state index in [0.717, 1.165) is 5.56 Å². The molecule has 0 unspecified atom stereocenters. The van der Waals surface area contributed by atoms with E-state index < -0.39 is 0 Å². The van der Waals surface area contributed by atoms with Gasteiger partial charge in [0.15, 0.2) is 0 Å². The SMILES string of the molecule is CCNc1ccc(CN(C)C)cc1[N+](=O)[O-]. The summed E-state index contributed by atoms with van der Waals surface area (Å²) < 4.78 is 0. The number of nitrogens with one attached hydrogen (secondary N) is 1. The highest BCUT2D eigenvalue weighted by Gasteiger charge is 2.13. The van der Waals surface area contributed by atoms with Crippen molar-refractivity contribution in [2.24, 2.45) is 0 Å². The number of nitro benzene ring substituents is 1. The first-order valence-electron chi connectivity index (χ1n) is 5.20. The maximum atomic E-state index is 10.9. The third kappa shape index (κ3) is 3.20. The van der Waals surface area contributed by atoms with Crippen LogP contribution in [0.5, 0.6) is 0 Å². The number of hydrogen-bond donors (Lipinski definition) is 1. The fourth-order valence-corrected chi connectivity index (χ4v) is 1.53. The Morgan fingerprint density at radius 2 is 2.12 bits per heavy atom. The quantitative estimate of drug-likeness (QED) is 0.613. The molecule has 0 fully saturated rings. The van der Waals surface area contributed by atoms with Gasteiger partial charge in [0, 0.05) is 19.2 Å². The van der Waals surface area contributed by atoms with Crippen LogP contribution in [0.1, 0.15) is 12.5 Å². The van der Waals surface area contributed by atoms with E-state index >= 15 is 0 Å². The van der Waals surface area contributed by atoms with Gasteiger partial charge in [-0.3, -0.25) is 10.1 Å². The predicted molar refractivity (Wildman–Crippen MR) is 64.7 cm³/mol. The molecule has 0 radical (unpaired) electrons. The second-order valence-electron chi connectivity index (χ2n) is 3.88. The van der Waals surface area contributed by atoms with Gasteiger partial charge in [-0.05, 0) is 32.6 Å². The minimum Gasteiger partial charge on any atom is -0.380 e. The van der Waals surface area contributed by atoms with E-state index in [0.29, 0.717) is 18.8 Å². The second-order valence-corrected chi connectivity index (χ2v) is 3.88. The summed E-state index contributed by atoms with van der Waals surface area (Å²) in [5.41, 5.74) is 1.66. The van der Waals surface area contributed by atoms with Gasteiger partial charge in [-0.25, -0.2) is 0 Å². The van der Waals surface area contributed by atoms with Crippen LogP contribution in [0.15, 0.2) is 18.2 Å². The molecule has 0 aromatic heterocycles. The third-order valence-corrected chi connectivity index (χ3v) is 2.12. The summed E-state index contributed by atoms with van der Waals surface area (Å²) in [6.07, 6.45) is 0. The lowest BCUT2D eigenvalue weighted by molar-refractivity contribution is -0.384. The van der Waals surface area contributed by atoms with Crippen molar-refractivity contribution in [2.45, 2.75) is 13.5 Å². The van der Waals surface area contributed by atoms with Crippen LogP contribution in [0.25, 0.3) is 0 Å². The highest BCUT2D eigenvalue weighted by Crippen LogP contribution is 2.25. The Morgan fingerprint density at radius 1 is 1.44 bits per heavy atom. The zero-order valence-electron chi connectivity index (χ0n) is 9.86. The maximum absolute atomic E-state index is 10.9. The first-order valence-corrected chi connectivity index (χ1v) is 5.20. The van der Waals surface area contributed by atoms with Gasteiger partial charge in [0.2, 0.25) is 0 Å². The normalized spacial score (nSPS) is 10.5. The predicted octanol–water partition coefficient (Wildman–Crippen LogP) is 2.09. The molecule has 0 atom stereocenters. The maximum Gasteiger partial charge on any atom is 0.292 e. The summed E-state index contributed by atoms with van der Waals surface area (Å²) in [6, 6.07) is 5.30. The molecular weight excluding hydrogens is 206 g/mol. The van der Waals surface area contributed by atoms with Gasteiger partial charge in [-0.1, -0.05) is 6.07 Å². The van der Waals surface area contributed by atoms with Crippen LogP contribution >= 0.6 is 0 Å². The molecule has 0 bridgehead atoms. The van der Waals surface area contributed by atoms with Gasteiger partial charge in [-0.2, -0.15) is 0 Å². The Bertz CT molecular complexity index is 377. The Kier molecular flexibility index (Phi) is 4.25. The van der Waals surface area contributed by atoms with E-state index in [-0.39, 0.29) is 10.6 Å². The molecule has 0 aliphatic rings. The van der Waals surface area contributed by atoms with Crippen LogP contribution in [-0.4, -0.2) is 30.5 Å². The van der Waals surface area contributed by atoms with Gasteiger partial charge in [0.05, 0.1) is 4.92 Å². The lowest BCUT2D eigenvalue weighted by Gasteiger charge is -2.11. The van der Waals surface area contributed by atoms with E-state index in [4.69, 9.17) is 0 Å². The van der Waals surface area contributed by atoms with Gasteiger partial charge in [0.25, 0.3) is 5.69 Å². The van der Waals surface area contributed by atoms with Gasteiger partial charge in [0.1, 0.15) is 5.69 Å². The average molecular weight is 223 g/mol. The molecule has 1 aromatic rings. The number of rotatable bonds is 5. The monoisotopic (exact) mass is 223 g/mol. The van der Waals surface area contributed by atoms with Crippen molar-refractivity contribution < 1.29 is 4.92 Å². The van der Waals surface area contributed by atoms with Crippen molar-refractivity contribution in [3.63, 3.8) is 0 Å².